The van der Waals surface area contributed by atoms with Crippen LogP contribution in [-0.4, -0.2) is 28.7 Å². The Morgan fingerprint density at radius 2 is 2.14 bits per heavy atom. The maximum absolute atomic E-state index is 10.9. The number of nitrogens with two attached hydrogens (primary N) is 1. The lowest BCUT2D eigenvalue weighted by Gasteiger charge is -2.13. The van der Waals surface area contributed by atoms with Gasteiger partial charge in [0, 0.05) is 6.42 Å². The van der Waals surface area contributed by atoms with Gasteiger partial charge in [0.25, 0.3) is 0 Å². The lowest BCUT2D eigenvalue weighted by molar-refractivity contribution is -0.138. The van der Waals surface area contributed by atoms with Gasteiger partial charge in [-0.05, 0) is 18.9 Å². The molecule has 0 amide bonds. The molecular formula is C9H11NO4. The van der Waals surface area contributed by atoms with E-state index in [2.05, 4.69) is 0 Å². The summed E-state index contributed by atoms with van der Waals surface area (Å²) < 4.78 is 0. The van der Waals surface area contributed by atoms with Crippen LogP contribution < -0.4 is 5.73 Å². The Morgan fingerprint density at radius 3 is 2.64 bits per heavy atom. The predicted molar refractivity (Wildman–Crippen MR) is 47.6 cm³/mol. The summed E-state index contributed by atoms with van der Waals surface area (Å²) in [4.78, 5) is 32.2. The summed E-state index contributed by atoms with van der Waals surface area (Å²) in [5.41, 5.74) is 5.93. The Balaban J connectivity index is 2.63. The van der Waals surface area contributed by atoms with Gasteiger partial charge >= 0.3 is 5.97 Å². The minimum atomic E-state index is -1.10. The molecule has 0 fully saturated rings. The summed E-state index contributed by atoms with van der Waals surface area (Å²) in [5, 5.41) is 8.53. The molecule has 5 nitrogen and oxygen atoms in total. The Hall–Kier alpha value is -1.49. The van der Waals surface area contributed by atoms with Gasteiger partial charge in [-0.2, -0.15) is 0 Å². The van der Waals surface area contributed by atoms with Crippen molar-refractivity contribution in [1.82, 2.24) is 0 Å². The van der Waals surface area contributed by atoms with Crippen molar-refractivity contribution in [1.29, 1.82) is 0 Å². The first-order valence-electron chi connectivity index (χ1n) is 4.25. The standard InChI is InChI=1S/C9H11NO4/c10-6(9(13)14)3-5-1-2-7(11)8(12)4-5/h4,6H,1-3,10H2,(H,13,14)/t6-/m0/s1. The van der Waals surface area contributed by atoms with Crippen LogP contribution in [0.2, 0.25) is 0 Å². The summed E-state index contributed by atoms with van der Waals surface area (Å²) in [6.45, 7) is 0. The summed E-state index contributed by atoms with van der Waals surface area (Å²) >= 11 is 0. The molecule has 0 aromatic carbocycles. The Labute approximate surface area is 80.6 Å². The molecule has 0 aromatic heterocycles. The number of hydrogen-bond acceptors (Lipinski definition) is 4. The maximum atomic E-state index is 10.9. The molecule has 0 saturated heterocycles. The van der Waals surface area contributed by atoms with Crippen LogP contribution in [0.4, 0.5) is 0 Å². The molecular weight excluding hydrogens is 186 g/mol. The molecule has 1 aliphatic carbocycles. The quantitative estimate of drug-likeness (QED) is 0.602. The molecule has 1 rings (SSSR count). The van der Waals surface area contributed by atoms with Gasteiger partial charge in [0.2, 0.25) is 11.6 Å². The van der Waals surface area contributed by atoms with Crippen LogP contribution in [0.5, 0.6) is 0 Å². The van der Waals surface area contributed by atoms with E-state index >= 15 is 0 Å². The first kappa shape index (κ1) is 10.6. The molecule has 3 N–H and O–H groups in total. The van der Waals surface area contributed by atoms with Crippen molar-refractivity contribution in [2.75, 3.05) is 0 Å². The topological polar surface area (TPSA) is 97.5 Å². The minimum Gasteiger partial charge on any atom is -0.480 e. The van der Waals surface area contributed by atoms with E-state index in [0.717, 1.165) is 0 Å². The van der Waals surface area contributed by atoms with Crippen molar-refractivity contribution in [2.24, 2.45) is 5.73 Å². The third kappa shape index (κ3) is 2.50. The first-order valence-corrected chi connectivity index (χ1v) is 4.25. The molecule has 0 radical (unpaired) electrons. The summed E-state index contributed by atoms with van der Waals surface area (Å²) in [6, 6.07) is -0.998. The maximum Gasteiger partial charge on any atom is 0.320 e. The Kier molecular flexibility index (Phi) is 3.14. The minimum absolute atomic E-state index is 0.133. The number of aliphatic carboxylic acids is 1. The first-order chi connectivity index (χ1) is 6.50. The van der Waals surface area contributed by atoms with Crippen LogP contribution in [-0.2, 0) is 14.4 Å². The zero-order chi connectivity index (χ0) is 10.7. The lowest BCUT2D eigenvalue weighted by atomic mass is 9.93. The van der Waals surface area contributed by atoms with E-state index in [-0.39, 0.29) is 12.8 Å². The monoisotopic (exact) mass is 197 g/mol. The molecule has 5 heteroatoms. The van der Waals surface area contributed by atoms with Gasteiger partial charge in [-0.15, -0.1) is 0 Å². The third-order valence-corrected chi connectivity index (χ3v) is 2.08. The van der Waals surface area contributed by atoms with Crippen LogP contribution >= 0.6 is 0 Å². The van der Waals surface area contributed by atoms with E-state index < -0.39 is 23.6 Å². The fraction of sp³-hybridized carbons (Fsp3) is 0.444. The number of Topliss-reactive ketones (excluding diaryl/α,β-unsaturated/α-hetero) is 1. The van der Waals surface area contributed by atoms with Crippen LogP contribution in [0.3, 0.4) is 0 Å². The average molecular weight is 197 g/mol. The van der Waals surface area contributed by atoms with Gasteiger partial charge in [-0.1, -0.05) is 5.57 Å². The number of carbonyl (C=O) groups excluding carboxylic acids is 2. The largest absolute Gasteiger partial charge is 0.480 e. The highest BCUT2D eigenvalue weighted by Crippen LogP contribution is 2.17. The number of rotatable bonds is 3. The second-order valence-corrected chi connectivity index (χ2v) is 3.24. The van der Waals surface area contributed by atoms with Crippen LogP contribution in [0.1, 0.15) is 19.3 Å². The molecule has 1 atom stereocenters. The SMILES string of the molecule is N[C@@H](CC1=CC(=O)C(=O)CC1)C(=O)O. The fourth-order valence-corrected chi connectivity index (χ4v) is 1.27. The molecule has 76 valence electrons. The normalized spacial score (nSPS) is 19.1. The molecule has 0 aromatic rings. The van der Waals surface area contributed by atoms with Crippen molar-refractivity contribution in [3.63, 3.8) is 0 Å². The second-order valence-electron chi connectivity index (χ2n) is 3.24. The van der Waals surface area contributed by atoms with E-state index in [0.29, 0.717) is 12.0 Å². The molecule has 0 saturated carbocycles. The van der Waals surface area contributed by atoms with E-state index in [1.807, 2.05) is 0 Å². The molecule has 0 unspecified atom stereocenters. The molecule has 0 heterocycles. The van der Waals surface area contributed by atoms with Gasteiger partial charge in [0.1, 0.15) is 6.04 Å². The van der Waals surface area contributed by atoms with Crippen molar-refractivity contribution in [3.05, 3.63) is 11.6 Å². The summed E-state index contributed by atoms with van der Waals surface area (Å²) in [6.07, 6.45) is 1.94. The highest BCUT2D eigenvalue weighted by atomic mass is 16.4. The predicted octanol–water partition coefficient (Wildman–Crippen LogP) is -0.353. The fourth-order valence-electron chi connectivity index (χ4n) is 1.27. The zero-order valence-corrected chi connectivity index (χ0v) is 7.53. The molecule has 0 bridgehead atoms. The van der Waals surface area contributed by atoms with E-state index in [4.69, 9.17) is 10.8 Å². The van der Waals surface area contributed by atoms with Gasteiger partial charge < -0.3 is 10.8 Å². The van der Waals surface area contributed by atoms with Crippen molar-refractivity contribution in [2.45, 2.75) is 25.3 Å². The van der Waals surface area contributed by atoms with Gasteiger partial charge in [0.15, 0.2) is 0 Å². The molecule has 14 heavy (non-hydrogen) atoms. The summed E-state index contributed by atoms with van der Waals surface area (Å²) in [7, 11) is 0. The van der Waals surface area contributed by atoms with Crippen LogP contribution in [0, 0.1) is 0 Å². The highest BCUT2D eigenvalue weighted by molar-refractivity contribution is 6.42. The average Bonchev–Trinajstić information content (AvgIpc) is 2.11. The van der Waals surface area contributed by atoms with E-state index in [9.17, 15) is 14.4 Å². The molecule has 1 aliphatic rings. The van der Waals surface area contributed by atoms with Crippen LogP contribution in [0.15, 0.2) is 11.6 Å². The van der Waals surface area contributed by atoms with Crippen molar-refractivity contribution in [3.8, 4) is 0 Å². The number of carboxylic acids is 1. The summed E-state index contributed by atoms with van der Waals surface area (Å²) in [5.74, 6) is -2.07. The van der Waals surface area contributed by atoms with Crippen LogP contribution in [0.25, 0.3) is 0 Å². The number of hydrogen-bond donors (Lipinski definition) is 2. The molecule has 0 spiro atoms. The number of ketones is 2. The van der Waals surface area contributed by atoms with Gasteiger partial charge in [-0.25, -0.2) is 0 Å². The second kappa shape index (κ2) is 4.15. The number of carboxylic acid groups (broad SMARTS) is 1. The van der Waals surface area contributed by atoms with E-state index in [1.54, 1.807) is 0 Å². The van der Waals surface area contributed by atoms with Crippen molar-refractivity contribution < 1.29 is 19.5 Å². The Morgan fingerprint density at radius 1 is 1.50 bits per heavy atom. The zero-order valence-electron chi connectivity index (χ0n) is 7.53. The lowest BCUT2D eigenvalue weighted by Crippen LogP contribution is -2.31. The van der Waals surface area contributed by atoms with Crippen molar-refractivity contribution >= 4 is 17.5 Å². The third-order valence-electron chi connectivity index (χ3n) is 2.08. The van der Waals surface area contributed by atoms with E-state index in [1.165, 1.54) is 6.08 Å². The smallest absolute Gasteiger partial charge is 0.320 e. The Bertz CT molecular complexity index is 319. The number of allylic oxidation sites excluding steroid dienone is 1. The van der Waals surface area contributed by atoms with Gasteiger partial charge in [0.05, 0.1) is 0 Å². The van der Waals surface area contributed by atoms with Gasteiger partial charge in [-0.3, -0.25) is 14.4 Å². The molecule has 0 aliphatic heterocycles. The highest BCUT2D eigenvalue weighted by Gasteiger charge is 2.21. The number of carbonyl (C=O) groups is 3.